The van der Waals surface area contributed by atoms with E-state index >= 15 is 0 Å². The van der Waals surface area contributed by atoms with Crippen molar-refractivity contribution in [3.05, 3.63) is 41.3 Å². The first-order valence-corrected chi connectivity index (χ1v) is 9.35. The maximum absolute atomic E-state index is 11.9. The van der Waals surface area contributed by atoms with Crippen LogP contribution < -0.4 is 10.5 Å². The molecule has 0 unspecified atom stereocenters. The van der Waals surface area contributed by atoms with Crippen molar-refractivity contribution < 1.29 is 8.42 Å². The molecule has 0 aliphatic carbocycles. The summed E-state index contributed by atoms with van der Waals surface area (Å²) in [5, 5.41) is 0. The highest BCUT2D eigenvalue weighted by Crippen LogP contribution is 2.24. The van der Waals surface area contributed by atoms with E-state index in [0.717, 1.165) is 4.90 Å². The lowest BCUT2D eigenvalue weighted by Gasteiger charge is -2.07. The van der Waals surface area contributed by atoms with Crippen molar-refractivity contribution in [2.75, 3.05) is 22.0 Å². The van der Waals surface area contributed by atoms with Crippen LogP contribution in [0.4, 0.5) is 11.5 Å². The third-order valence-electron chi connectivity index (χ3n) is 2.41. The number of hydrogen-bond acceptors (Lipinski definition) is 6. The van der Waals surface area contributed by atoms with Gasteiger partial charge >= 0.3 is 0 Å². The van der Waals surface area contributed by atoms with Gasteiger partial charge in [-0.25, -0.2) is 18.4 Å². The molecule has 0 atom stereocenters. The van der Waals surface area contributed by atoms with E-state index in [4.69, 9.17) is 5.73 Å². The Morgan fingerprint density at radius 3 is 2.67 bits per heavy atom. The van der Waals surface area contributed by atoms with Gasteiger partial charge in [0.15, 0.2) is 5.82 Å². The minimum absolute atomic E-state index is 0.0380. The second kappa shape index (κ2) is 7.10. The molecule has 6 nitrogen and oxygen atoms in total. The number of benzene rings is 1. The van der Waals surface area contributed by atoms with Crippen LogP contribution in [0.1, 0.15) is 0 Å². The molecule has 0 saturated heterocycles. The molecule has 0 aliphatic heterocycles. The van der Waals surface area contributed by atoms with E-state index in [0.29, 0.717) is 16.0 Å². The van der Waals surface area contributed by atoms with Gasteiger partial charge in [-0.15, -0.1) is 11.8 Å². The summed E-state index contributed by atoms with van der Waals surface area (Å²) >= 11 is 4.53. The van der Waals surface area contributed by atoms with E-state index in [9.17, 15) is 8.42 Å². The van der Waals surface area contributed by atoms with Gasteiger partial charge in [0.1, 0.15) is 4.60 Å². The Morgan fingerprint density at radius 2 is 2.00 bits per heavy atom. The molecule has 1 aromatic carbocycles. The van der Waals surface area contributed by atoms with Crippen molar-refractivity contribution in [1.29, 1.82) is 0 Å². The van der Waals surface area contributed by atoms with Crippen molar-refractivity contribution in [2.24, 2.45) is 0 Å². The maximum Gasteiger partial charge on any atom is 0.234 e. The average Bonchev–Trinajstić information content (AvgIpc) is 2.43. The minimum atomic E-state index is -3.46. The van der Waals surface area contributed by atoms with Gasteiger partial charge in [0.05, 0.1) is 18.1 Å². The first-order chi connectivity index (χ1) is 9.96. The van der Waals surface area contributed by atoms with Gasteiger partial charge in [0.2, 0.25) is 10.0 Å². The Balaban J connectivity index is 1.90. The molecule has 3 N–H and O–H groups in total. The van der Waals surface area contributed by atoms with Gasteiger partial charge in [-0.2, -0.15) is 0 Å². The standard InChI is InChI=1S/C12H13BrN4O2S2/c13-11-7-16-12(8-15-11)17-21(18,19)6-5-20-10-4-2-1-3-9(10)14/h1-4,7-8H,5-6,14H2,(H,16,17). The number of nitrogens with two attached hydrogens (primary N) is 1. The minimum Gasteiger partial charge on any atom is -0.398 e. The topological polar surface area (TPSA) is 98.0 Å². The first-order valence-electron chi connectivity index (χ1n) is 5.91. The van der Waals surface area contributed by atoms with Crippen LogP contribution in [-0.2, 0) is 10.0 Å². The van der Waals surface area contributed by atoms with Crippen molar-refractivity contribution in [2.45, 2.75) is 4.90 Å². The molecule has 0 aliphatic rings. The fourth-order valence-electron chi connectivity index (χ4n) is 1.45. The Kier molecular flexibility index (Phi) is 5.43. The summed E-state index contributed by atoms with van der Waals surface area (Å²) in [6, 6.07) is 7.35. The Labute approximate surface area is 135 Å². The third kappa shape index (κ3) is 5.18. The Hall–Kier alpha value is -1.32. The lowest BCUT2D eigenvalue weighted by Crippen LogP contribution is -2.19. The molecule has 0 bridgehead atoms. The summed E-state index contributed by atoms with van der Waals surface area (Å²) in [5.41, 5.74) is 6.44. The predicted octanol–water partition coefficient (Wildman–Crippen LogP) is 2.36. The number of rotatable bonds is 6. The quantitative estimate of drug-likeness (QED) is 0.582. The highest BCUT2D eigenvalue weighted by molar-refractivity contribution is 9.10. The van der Waals surface area contributed by atoms with E-state index in [1.54, 1.807) is 6.07 Å². The summed E-state index contributed by atoms with van der Waals surface area (Å²) in [6.07, 6.45) is 2.78. The number of nitrogens with zero attached hydrogens (tertiary/aromatic N) is 2. The number of nitrogens with one attached hydrogen (secondary N) is 1. The number of halogens is 1. The van der Waals surface area contributed by atoms with Crippen LogP contribution in [0.5, 0.6) is 0 Å². The largest absolute Gasteiger partial charge is 0.398 e. The van der Waals surface area contributed by atoms with Crippen molar-refractivity contribution in [3.63, 3.8) is 0 Å². The van der Waals surface area contributed by atoms with Crippen LogP contribution in [0, 0.1) is 0 Å². The van der Waals surface area contributed by atoms with Crippen LogP contribution >= 0.6 is 27.7 Å². The molecular weight excluding hydrogens is 376 g/mol. The van der Waals surface area contributed by atoms with E-state index in [2.05, 4.69) is 30.6 Å². The molecule has 2 rings (SSSR count). The van der Waals surface area contributed by atoms with Crippen LogP contribution in [0.15, 0.2) is 46.2 Å². The second-order valence-corrected chi connectivity index (χ2v) is 7.82. The second-order valence-electron chi connectivity index (χ2n) is 4.03. The Morgan fingerprint density at radius 1 is 1.24 bits per heavy atom. The number of para-hydroxylation sites is 1. The van der Waals surface area contributed by atoms with Crippen LogP contribution in [0.3, 0.4) is 0 Å². The van der Waals surface area contributed by atoms with Gasteiger partial charge < -0.3 is 5.73 Å². The summed E-state index contributed by atoms with van der Waals surface area (Å²) in [7, 11) is -3.46. The molecule has 0 amide bonds. The van der Waals surface area contributed by atoms with E-state index in [1.807, 2.05) is 18.2 Å². The van der Waals surface area contributed by atoms with Gasteiger partial charge in [0, 0.05) is 16.3 Å². The smallest absolute Gasteiger partial charge is 0.234 e. The highest BCUT2D eigenvalue weighted by Gasteiger charge is 2.12. The molecule has 21 heavy (non-hydrogen) atoms. The molecule has 1 aromatic heterocycles. The van der Waals surface area contributed by atoms with Gasteiger partial charge in [-0.05, 0) is 28.1 Å². The summed E-state index contributed by atoms with van der Waals surface area (Å²) < 4.78 is 26.8. The third-order valence-corrected chi connectivity index (χ3v) is 5.43. The lowest BCUT2D eigenvalue weighted by atomic mass is 10.3. The molecule has 112 valence electrons. The number of sulfonamides is 1. The van der Waals surface area contributed by atoms with Crippen LogP contribution in [0.25, 0.3) is 0 Å². The van der Waals surface area contributed by atoms with E-state index < -0.39 is 10.0 Å². The number of thioether (sulfide) groups is 1. The molecule has 0 saturated carbocycles. The summed E-state index contributed by atoms with van der Waals surface area (Å²) in [6.45, 7) is 0. The molecule has 9 heteroatoms. The number of hydrogen-bond donors (Lipinski definition) is 2. The Bertz CT molecular complexity index is 707. The predicted molar refractivity (Wildman–Crippen MR) is 88.7 cm³/mol. The fraction of sp³-hybridized carbons (Fsp3) is 0.167. The molecule has 0 radical (unpaired) electrons. The van der Waals surface area contributed by atoms with Gasteiger partial charge in [-0.1, -0.05) is 12.1 Å². The van der Waals surface area contributed by atoms with E-state index in [1.165, 1.54) is 24.2 Å². The molecular formula is C12H13BrN4O2S2. The highest BCUT2D eigenvalue weighted by atomic mass is 79.9. The number of nitrogen functional groups attached to an aromatic ring is 1. The van der Waals surface area contributed by atoms with Crippen LogP contribution in [-0.4, -0.2) is 29.9 Å². The average molecular weight is 389 g/mol. The normalized spacial score (nSPS) is 11.3. The first kappa shape index (κ1) is 16.1. The zero-order chi connectivity index (χ0) is 15.3. The fourth-order valence-corrected chi connectivity index (χ4v) is 4.02. The zero-order valence-corrected chi connectivity index (χ0v) is 14.1. The van der Waals surface area contributed by atoms with Crippen molar-refractivity contribution in [3.8, 4) is 0 Å². The monoisotopic (exact) mass is 388 g/mol. The van der Waals surface area contributed by atoms with Gasteiger partial charge in [-0.3, -0.25) is 4.72 Å². The number of aromatic nitrogens is 2. The maximum atomic E-state index is 11.9. The van der Waals surface area contributed by atoms with E-state index in [-0.39, 0.29) is 11.6 Å². The van der Waals surface area contributed by atoms with Crippen molar-refractivity contribution in [1.82, 2.24) is 9.97 Å². The SMILES string of the molecule is Nc1ccccc1SCCS(=O)(=O)Nc1cnc(Br)cn1. The van der Waals surface area contributed by atoms with Crippen LogP contribution in [0.2, 0.25) is 0 Å². The molecule has 2 aromatic rings. The molecule has 0 fully saturated rings. The molecule has 0 spiro atoms. The zero-order valence-electron chi connectivity index (χ0n) is 10.9. The molecule has 1 heterocycles. The van der Waals surface area contributed by atoms with Crippen molar-refractivity contribution >= 4 is 49.2 Å². The summed E-state index contributed by atoms with van der Waals surface area (Å²) in [5.74, 6) is 0.555. The lowest BCUT2D eigenvalue weighted by molar-refractivity contribution is 0.602. The number of anilines is 2. The summed E-state index contributed by atoms with van der Waals surface area (Å²) in [4.78, 5) is 8.70. The van der Waals surface area contributed by atoms with Gasteiger partial charge in [0.25, 0.3) is 0 Å².